The summed E-state index contributed by atoms with van der Waals surface area (Å²) < 4.78 is 6.82. The number of hydrogen-bond acceptors (Lipinski definition) is 2. The van der Waals surface area contributed by atoms with E-state index in [0.717, 1.165) is 35.4 Å². The molecule has 1 aliphatic carbocycles. The Morgan fingerprint density at radius 3 is 2.78 bits per heavy atom. The summed E-state index contributed by atoms with van der Waals surface area (Å²) in [7, 11) is 0. The van der Waals surface area contributed by atoms with Crippen molar-refractivity contribution in [1.29, 1.82) is 0 Å². The minimum atomic E-state index is -0.00147. The third-order valence-corrected chi connectivity index (χ3v) is 4.43. The van der Waals surface area contributed by atoms with E-state index in [2.05, 4.69) is 22.9 Å². The van der Waals surface area contributed by atoms with E-state index < -0.39 is 0 Å². The van der Waals surface area contributed by atoms with E-state index in [1.54, 1.807) is 0 Å². The van der Waals surface area contributed by atoms with Gasteiger partial charge in [0.05, 0.1) is 6.61 Å². The van der Waals surface area contributed by atoms with E-state index in [-0.39, 0.29) is 5.54 Å². The highest BCUT2D eigenvalue weighted by Gasteiger charge is 2.29. The fourth-order valence-electron chi connectivity index (χ4n) is 2.52. The van der Waals surface area contributed by atoms with Crippen molar-refractivity contribution in [2.24, 2.45) is 11.7 Å². The predicted octanol–water partition coefficient (Wildman–Crippen LogP) is 4.13. The minimum absolute atomic E-state index is 0.00147. The molecule has 0 heterocycles. The van der Waals surface area contributed by atoms with Crippen molar-refractivity contribution in [3.8, 4) is 5.75 Å². The largest absolute Gasteiger partial charge is 0.493 e. The first-order chi connectivity index (χ1) is 8.57. The molecule has 1 fully saturated rings. The van der Waals surface area contributed by atoms with Crippen LogP contribution in [0.4, 0.5) is 0 Å². The Morgan fingerprint density at radius 1 is 1.39 bits per heavy atom. The van der Waals surface area contributed by atoms with Gasteiger partial charge in [-0.15, -0.1) is 0 Å². The Kier molecular flexibility index (Phi) is 4.68. The Balaban J connectivity index is 1.78. The van der Waals surface area contributed by atoms with Gasteiger partial charge in [-0.05, 0) is 56.2 Å². The molecule has 0 radical (unpaired) electrons. The Hall–Kier alpha value is -0.540. The van der Waals surface area contributed by atoms with Gasteiger partial charge in [-0.2, -0.15) is 0 Å². The summed E-state index contributed by atoms with van der Waals surface area (Å²) >= 11 is 3.44. The first-order valence-electron chi connectivity index (χ1n) is 6.75. The molecule has 0 bridgehead atoms. The van der Waals surface area contributed by atoms with Crippen LogP contribution in [0.2, 0.25) is 0 Å². The lowest BCUT2D eigenvalue weighted by Gasteiger charge is -2.36. The predicted molar refractivity (Wildman–Crippen MR) is 78.8 cm³/mol. The average Bonchev–Trinajstić information content (AvgIpc) is 2.34. The molecule has 0 spiro atoms. The molecule has 0 aliphatic heterocycles. The van der Waals surface area contributed by atoms with Gasteiger partial charge in [0.25, 0.3) is 0 Å². The number of benzene rings is 1. The van der Waals surface area contributed by atoms with Gasteiger partial charge in [0.2, 0.25) is 0 Å². The Morgan fingerprint density at radius 2 is 2.11 bits per heavy atom. The van der Waals surface area contributed by atoms with Crippen LogP contribution in [0.5, 0.6) is 5.75 Å². The molecule has 2 nitrogen and oxygen atoms in total. The van der Waals surface area contributed by atoms with Gasteiger partial charge in [0.15, 0.2) is 0 Å². The van der Waals surface area contributed by atoms with Crippen LogP contribution in [0, 0.1) is 5.92 Å². The maximum Gasteiger partial charge on any atom is 0.120 e. The first kappa shape index (κ1) is 13.9. The van der Waals surface area contributed by atoms with Crippen LogP contribution in [0.15, 0.2) is 28.7 Å². The second kappa shape index (κ2) is 6.07. The summed E-state index contributed by atoms with van der Waals surface area (Å²) in [6.07, 6.45) is 5.74. The number of hydrogen-bond donors (Lipinski definition) is 1. The fourth-order valence-corrected chi connectivity index (χ4v) is 2.89. The normalized spacial score (nSPS) is 28.1. The molecule has 0 aromatic heterocycles. The Bertz CT molecular complexity index is 386. The molecule has 1 aromatic carbocycles. The van der Waals surface area contributed by atoms with Crippen LogP contribution in [-0.2, 0) is 0 Å². The number of nitrogens with two attached hydrogens (primary N) is 1. The van der Waals surface area contributed by atoms with Crippen LogP contribution >= 0.6 is 15.9 Å². The molecule has 1 aliphatic rings. The second-order valence-corrected chi connectivity index (χ2v) is 6.52. The SMILES string of the molecule is CC1CCC(N)(CCOc2cccc(Br)c2)CC1. The van der Waals surface area contributed by atoms with Gasteiger partial charge < -0.3 is 10.5 Å². The van der Waals surface area contributed by atoms with E-state index in [4.69, 9.17) is 10.5 Å². The molecule has 1 saturated carbocycles. The standard InChI is InChI=1S/C15H22BrNO/c1-12-5-7-15(17,8-6-12)9-10-18-14-4-2-3-13(16)11-14/h2-4,11-12H,5-10,17H2,1H3. The fraction of sp³-hybridized carbons (Fsp3) is 0.600. The van der Waals surface area contributed by atoms with Gasteiger partial charge >= 0.3 is 0 Å². The van der Waals surface area contributed by atoms with Crippen molar-refractivity contribution in [3.05, 3.63) is 28.7 Å². The highest BCUT2D eigenvalue weighted by Crippen LogP contribution is 2.32. The Labute approximate surface area is 118 Å². The molecule has 3 heteroatoms. The van der Waals surface area contributed by atoms with Gasteiger partial charge in [0.1, 0.15) is 5.75 Å². The summed E-state index contributed by atoms with van der Waals surface area (Å²) in [6.45, 7) is 3.03. The number of rotatable bonds is 4. The van der Waals surface area contributed by atoms with E-state index in [1.165, 1.54) is 12.8 Å². The summed E-state index contributed by atoms with van der Waals surface area (Å²) in [4.78, 5) is 0. The van der Waals surface area contributed by atoms with E-state index in [1.807, 2.05) is 24.3 Å². The van der Waals surface area contributed by atoms with Gasteiger partial charge in [-0.25, -0.2) is 0 Å². The van der Waals surface area contributed by atoms with Gasteiger partial charge in [-0.1, -0.05) is 28.9 Å². The van der Waals surface area contributed by atoms with E-state index in [0.29, 0.717) is 6.61 Å². The summed E-state index contributed by atoms with van der Waals surface area (Å²) in [5.41, 5.74) is 6.42. The maximum absolute atomic E-state index is 6.43. The van der Waals surface area contributed by atoms with Crippen LogP contribution in [0.1, 0.15) is 39.0 Å². The lowest BCUT2D eigenvalue weighted by molar-refractivity contribution is 0.191. The minimum Gasteiger partial charge on any atom is -0.493 e. The molecule has 1 aromatic rings. The number of halogens is 1. The van der Waals surface area contributed by atoms with Gasteiger partial charge in [-0.3, -0.25) is 0 Å². The van der Waals surface area contributed by atoms with Crippen molar-refractivity contribution >= 4 is 15.9 Å². The zero-order chi connectivity index (χ0) is 13.0. The third-order valence-electron chi connectivity index (χ3n) is 3.93. The van der Waals surface area contributed by atoms with Crippen molar-refractivity contribution in [1.82, 2.24) is 0 Å². The highest BCUT2D eigenvalue weighted by atomic mass is 79.9. The van der Waals surface area contributed by atoms with E-state index >= 15 is 0 Å². The second-order valence-electron chi connectivity index (χ2n) is 5.60. The molecule has 0 saturated heterocycles. The van der Waals surface area contributed by atoms with Crippen LogP contribution in [-0.4, -0.2) is 12.1 Å². The topological polar surface area (TPSA) is 35.2 Å². The zero-order valence-corrected chi connectivity index (χ0v) is 12.6. The molecule has 2 rings (SSSR count). The van der Waals surface area contributed by atoms with Crippen molar-refractivity contribution in [3.63, 3.8) is 0 Å². The molecule has 0 unspecified atom stereocenters. The highest BCUT2D eigenvalue weighted by molar-refractivity contribution is 9.10. The zero-order valence-electron chi connectivity index (χ0n) is 11.0. The monoisotopic (exact) mass is 311 g/mol. The van der Waals surface area contributed by atoms with Crippen molar-refractivity contribution < 1.29 is 4.74 Å². The molecule has 18 heavy (non-hydrogen) atoms. The van der Waals surface area contributed by atoms with Crippen LogP contribution in [0.25, 0.3) is 0 Å². The molecule has 0 amide bonds. The molecule has 2 N–H and O–H groups in total. The first-order valence-corrected chi connectivity index (χ1v) is 7.54. The van der Waals surface area contributed by atoms with E-state index in [9.17, 15) is 0 Å². The quantitative estimate of drug-likeness (QED) is 0.907. The summed E-state index contributed by atoms with van der Waals surface area (Å²) in [6, 6.07) is 7.96. The molecular formula is C15H22BrNO. The summed E-state index contributed by atoms with van der Waals surface area (Å²) in [5.74, 6) is 1.75. The molecule has 100 valence electrons. The van der Waals surface area contributed by atoms with Crippen LogP contribution < -0.4 is 10.5 Å². The lowest BCUT2D eigenvalue weighted by atomic mass is 9.76. The lowest BCUT2D eigenvalue weighted by Crippen LogP contribution is -2.44. The van der Waals surface area contributed by atoms with Gasteiger partial charge in [0, 0.05) is 10.0 Å². The maximum atomic E-state index is 6.43. The smallest absolute Gasteiger partial charge is 0.120 e. The molecular weight excluding hydrogens is 290 g/mol. The average molecular weight is 312 g/mol. The summed E-state index contributed by atoms with van der Waals surface area (Å²) in [5, 5.41) is 0. The van der Waals surface area contributed by atoms with Crippen molar-refractivity contribution in [2.75, 3.05) is 6.61 Å². The molecule has 0 atom stereocenters. The van der Waals surface area contributed by atoms with Crippen LogP contribution in [0.3, 0.4) is 0 Å². The van der Waals surface area contributed by atoms with Crippen molar-refractivity contribution in [2.45, 2.75) is 44.6 Å². The third kappa shape index (κ3) is 3.99. The number of ether oxygens (including phenoxy) is 1.